The molecule has 0 atom stereocenters. The zero-order valence-corrected chi connectivity index (χ0v) is 49.6. The van der Waals surface area contributed by atoms with E-state index in [0.717, 1.165) is 36.4 Å². The summed E-state index contributed by atoms with van der Waals surface area (Å²) >= 11 is 0. The van der Waals surface area contributed by atoms with Gasteiger partial charge in [0, 0.05) is 23.5 Å². The number of rotatable bonds is 18. The van der Waals surface area contributed by atoms with Crippen molar-refractivity contribution in [3.05, 3.63) is 108 Å². The number of nitrogens with zero attached hydrogens (tertiary/aromatic N) is 10. The van der Waals surface area contributed by atoms with Gasteiger partial charge < -0.3 is 42.9 Å². The Morgan fingerprint density at radius 3 is 1.10 bits per heavy atom. The number of nitrogens with one attached hydrogen (secondary N) is 4. The third-order valence-electron chi connectivity index (χ3n) is 12.1. The number of nitrogen functional groups attached to an aromatic ring is 2. The summed E-state index contributed by atoms with van der Waals surface area (Å²) in [5.74, 6) is -2.21. The summed E-state index contributed by atoms with van der Waals surface area (Å²) < 4.78 is 207. The molecule has 0 radical (unpaired) electrons. The van der Waals surface area contributed by atoms with Gasteiger partial charge in [-0.2, -0.15) is 80.4 Å². The molecule has 7 aromatic carbocycles. The number of benzene rings is 7. The van der Waals surface area contributed by atoms with Crippen LogP contribution in [0.1, 0.15) is 17.2 Å². The number of fused-ring (bicyclic) bond motifs is 2. The number of anilines is 10. The lowest BCUT2D eigenvalue weighted by Gasteiger charge is -2.15. The first kappa shape index (κ1) is 63.6. The smallest absolute Gasteiger partial charge is 0.296 e. The highest BCUT2D eigenvalue weighted by molar-refractivity contribution is 7.87. The number of aryl methyl sites for hydroxylation is 3. The Bertz CT molecular complexity index is 5320. The summed E-state index contributed by atoms with van der Waals surface area (Å²) in [6, 6.07) is 15.2. The molecule has 9 rings (SSSR count). The van der Waals surface area contributed by atoms with E-state index in [-0.39, 0.29) is 46.8 Å². The molecule has 0 aliphatic carbocycles. The molecule has 0 saturated heterocycles. The van der Waals surface area contributed by atoms with Gasteiger partial charge in [0.2, 0.25) is 23.8 Å². The maximum atomic E-state index is 12.8. The van der Waals surface area contributed by atoms with Crippen LogP contribution in [0.4, 0.5) is 80.7 Å². The van der Waals surface area contributed by atoms with Crippen LogP contribution in [0, 0.1) is 20.8 Å². The zero-order valence-electron chi connectivity index (χ0n) is 44.7. The second kappa shape index (κ2) is 23.0. The van der Waals surface area contributed by atoms with Crippen LogP contribution in [0.15, 0.2) is 141 Å². The molecule has 0 amide bonds. The lowest BCUT2D eigenvalue weighted by molar-refractivity contribution is 0.470. The van der Waals surface area contributed by atoms with Crippen molar-refractivity contribution in [1.29, 1.82) is 0 Å². The fourth-order valence-corrected chi connectivity index (χ4v) is 12.1. The Hall–Kier alpha value is -9.86. The molecule has 2 aromatic heterocycles. The molecular weight excluding hydrogens is 1300 g/mol. The molecule has 42 heteroatoms. The Kier molecular flexibility index (Phi) is 16.5. The second-order valence-electron chi connectivity index (χ2n) is 18.6. The van der Waals surface area contributed by atoms with Crippen molar-refractivity contribution in [3.63, 3.8) is 0 Å². The van der Waals surface area contributed by atoms with Gasteiger partial charge in [0.25, 0.3) is 60.7 Å². The van der Waals surface area contributed by atoms with E-state index in [1.807, 2.05) is 0 Å². The van der Waals surface area contributed by atoms with Crippen LogP contribution in [0.25, 0.3) is 21.5 Å². The standard InChI is InChI=1S/C47H40N16O20S6/c1-19-4-7-28(56-46-52-20(2)50-44(58-46)54-24-5-8-29(34(15-24)86(72,73)74)60-62-42-38-22(13-36(40(42)48)88(78,79)80)11-26(17-32(38)64)84(66,67)68)31(10-19)57-47-53-21(3)51-45(59-47)55-25-6-9-30(35(16-25)87(75,76)77)61-63-43-39-23(14-37(41(43)49)89(81,82)83)12-27(18-33(39)65)85(69,70)71/h4-18,64-65H,48-49H2,1-3H3,(H,66,67,68)(H,69,70,71)(H,72,73,74)(H,75,76,77)(H,78,79,80)(H,81,82,83)(H2,50,52,54,56,58)(H2,51,53,55,57,59). The minimum Gasteiger partial charge on any atom is -0.507 e. The Labute approximate surface area is 501 Å². The predicted octanol–water partition coefficient (Wildman–Crippen LogP) is 7.15. The molecule has 0 saturated carbocycles. The third kappa shape index (κ3) is 14.1. The summed E-state index contributed by atoms with van der Waals surface area (Å²) in [5.41, 5.74) is 8.84. The number of hydrogen-bond acceptors (Lipinski definition) is 30. The first-order chi connectivity index (χ1) is 41.2. The molecule has 36 nitrogen and oxygen atoms in total. The van der Waals surface area contributed by atoms with E-state index in [9.17, 15) is 88.0 Å². The summed E-state index contributed by atoms with van der Waals surface area (Å²) in [4.78, 5) is 20.2. The maximum absolute atomic E-state index is 12.8. The molecule has 464 valence electrons. The molecule has 89 heavy (non-hydrogen) atoms. The molecule has 0 spiro atoms. The average Bonchev–Trinajstić information content (AvgIpc) is 0.794. The van der Waals surface area contributed by atoms with Gasteiger partial charge in [-0.15, -0.1) is 20.5 Å². The average molecular weight is 1340 g/mol. The van der Waals surface area contributed by atoms with Crippen molar-refractivity contribution in [2.45, 2.75) is 50.1 Å². The topological polar surface area (TPSA) is 594 Å². The van der Waals surface area contributed by atoms with Crippen molar-refractivity contribution in [2.24, 2.45) is 20.5 Å². The zero-order chi connectivity index (χ0) is 65.2. The van der Waals surface area contributed by atoms with E-state index in [1.54, 1.807) is 25.1 Å². The van der Waals surface area contributed by atoms with E-state index >= 15 is 0 Å². The number of aromatic hydroxyl groups is 2. The fourth-order valence-electron chi connectivity index (χ4n) is 8.39. The predicted molar refractivity (Wildman–Crippen MR) is 314 cm³/mol. The number of aromatic nitrogens is 6. The molecule has 2 heterocycles. The molecule has 16 N–H and O–H groups in total. The van der Waals surface area contributed by atoms with Crippen molar-refractivity contribution in [1.82, 2.24) is 29.9 Å². The second-order valence-corrected chi connectivity index (χ2v) is 27.0. The van der Waals surface area contributed by atoms with Gasteiger partial charge in [-0.05, 0) is 110 Å². The van der Waals surface area contributed by atoms with Gasteiger partial charge in [0.05, 0.1) is 43.3 Å². The quantitative estimate of drug-likeness (QED) is 0.0230. The number of phenolic OH excluding ortho intramolecular Hbond substituents is 2. The number of hydrogen-bond donors (Lipinski definition) is 14. The summed E-state index contributed by atoms with van der Waals surface area (Å²) in [5, 5.41) is 46.7. The van der Waals surface area contributed by atoms with Crippen LogP contribution < -0.4 is 32.7 Å². The number of nitrogens with two attached hydrogens (primary N) is 2. The Balaban J connectivity index is 0.973. The maximum Gasteiger partial charge on any atom is 0.296 e. The van der Waals surface area contributed by atoms with Crippen LogP contribution in [-0.4, -0.2) is 118 Å². The highest BCUT2D eigenvalue weighted by Gasteiger charge is 2.28. The normalized spacial score (nSPS) is 12.7. The molecule has 0 unspecified atom stereocenters. The SMILES string of the molecule is Cc1ccc(Nc2nc(C)nc(Nc3ccc(N=Nc4c(N)c(S(=O)(=O)O)cc5cc(S(=O)(=O)O)cc(O)c45)c(S(=O)(=O)O)c3)n2)c(Nc2nc(C)nc(Nc3ccc(N=Nc4c(N)c(S(=O)(=O)O)cc5cc(S(=O)(=O)O)cc(O)c45)c(S(=O)(=O)O)c3)n2)c1. The summed E-state index contributed by atoms with van der Waals surface area (Å²) in [7, 11) is -30.7. The van der Waals surface area contributed by atoms with Gasteiger partial charge in [0.1, 0.15) is 65.5 Å². The highest BCUT2D eigenvalue weighted by atomic mass is 32.2. The fraction of sp³-hybridized carbons (Fsp3) is 0.0638. The summed E-state index contributed by atoms with van der Waals surface area (Å²) in [6.07, 6.45) is 0. The molecule has 9 aromatic rings. The minimum atomic E-state index is -5.19. The molecule has 0 bridgehead atoms. The largest absolute Gasteiger partial charge is 0.507 e. The Morgan fingerprint density at radius 1 is 0.382 bits per heavy atom. The number of azo groups is 2. The third-order valence-corrected chi connectivity index (χ3v) is 17.4. The monoisotopic (exact) mass is 1340 g/mol. The van der Waals surface area contributed by atoms with Crippen LogP contribution in [-0.2, 0) is 60.7 Å². The Morgan fingerprint density at radius 2 is 0.742 bits per heavy atom. The van der Waals surface area contributed by atoms with E-state index in [2.05, 4.69) is 71.6 Å². The first-order valence-corrected chi connectivity index (χ1v) is 32.6. The van der Waals surface area contributed by atoms with E-state index < -0.39 is 157 Å². The van der Waals surface area contributed by atoms with Crippen molar-refractivity contribution in [3.8, 4) is 11.5 Å². The van der Waals surface area contributed by atoms with Crippen LogP contribution >= 0.6 is 0 Å². The lowest BCUT2D eigenvalue weighted by Crippen LogP contribution is -2.09. The summed E-state index contributed by atoms with van der Waals surface area (Å²) in [6.45, 7) is 4.73. The van der Waals surface area contributed by atoms with Crippen molar-refractivity contribution >= 4 is 163 Å². The molecule has 0 fully saturated rings. The van der Waals surface area contributed by atoms with E-state index in [4.69, 9.17) is 11.5 Å². The molecule has 0 aliphatic heterocycles. The van der Waals surface area contributed by atoms with Crippen molar-refractivity contribution < 1.29 is 88.0 Å². The van der Waals surface area contributed by atoms with Gasteiger partial charge in [-0.3, -0.25) is 27.3 Å². The highest BCUT2D eigenvalue weighted by Crippen LogP contribution is 2.46. The number of phenols is 2. The molecular formula is C47H40N16O20S6. The van der Waals surface area contributed by atoms with Crippen LogP contribution in [0.2, 0.25) is 0 Å². The van der Waals surface area contributed by atoms with Gasteiger partial charge in [-0.1, -0.05) is 6.07 Å². The lowest BCUT2D eigenvalue weighted by atomic mass is 10.1. The van der Waals surface area contributed by atoms with Gasteiger partial charge in [0.15, 0.2) is 0 Å². The van der Waals surface area contributed by atoms with E-state index in [0.29, 0.717) is 41.2 Å². The first-order valence-electron chi connectivity index (χ1n) is 24.0. The minimum absolute atomic E-state index is 0.0865. The van der Waals surface area contributed by atoms with Crippen LogP contribution in [0.5, 0.6) is 11.5 Å². The van der Waals surface area contributed by atoms with Gasteiger partial charge in [-0.25, -0.2) is 0 Å². The van der Waals surface area contributed by atoms with E-state index in [1.165, 1.54) is 26.0 Å². The van der Waals surface area contributed by atoms with Crippen LogP contribution in [0.3, 0.4) is 0 Å². The molecule has 0 aliphatic rings. The van der Waals surface area contributed by atoms with Gasteiger partial charge >= 0.3 is 0 Å². The van der Waals surface area contributed by atoms with Crippen molar-refractivity contribution in [2.75, 3.05) is 32.7 Å².